The van der Waals surface area contributed by atoms with Crippen LogP contribution in [0.2, 0.25) is 0 Å². The van der Waals surface area contributed by atoms with E-state index in [1.54, 1.807) is 18.2 Å². The maximum atomic E-state index is 12.4. The highest BCUT2D eigenvalue weighted by Crippen LogP contribution is 2.39. The largest absolute Gasteiger partial charge is 0.274 e. The molecular formula is C18H17NO3S. The van der Waals surface area contributed by atoms with Crippen LogP contribution in [0.15, 0.2) is 72.1 Å². The molecule has 0 aromatic heterocycles. The van der Waals surface area contributed by atoms with Gasteiger partial charge in [0, 0.05) is 5.92 Å². The maximum absolute atomic E-state index is 12.4. The average Bonchev–Trinajstić information content (AvgIpc) is 3.35. The van der Waals surface area contributed by atoms with E-state index in [1.165, 1.54) is 6.07 Å². The molecule has 1 saturated carbocycles. The van der Waals surface area contributed by atoms with Crippen molar-refractivity contribution in [2.45, 2.75) is 11.3 Å². The van der Waals surface area contributed by atoms with E-state index in [0.717, 1.165) is 11.1 Å². The lowest BCUT2D eigenvalue weighted by molar-refractivity contribution is -0.120. The van der Waals surface area contributed by atoms with Crippen molar-refractivity contribution in [1.82, 2.24) is 4.72 Å². The molecule has 1 fully saturated rings. The fourth-order valence-corrected chi connectivity index (χ4v) is 3.59. The molecule has 0 aliphatic heterocycles. The topological polar surface area (TPSA) is 63.2 Å². The Hall–Kier alpha value is -2.40. The van der Waals surface area contributed by atoms with Gasteiger partial charge in [-0.05, 0) is 35.6 Å². The van der Waals surface area contributed by atoms with E-state index in [2.05, 4.69) is 11.3 Å². The van der Waals surface area contributed by atoms with Gasteiger partial charge in [-0.3, -0.25) is 4.79 Å². The molecule has 2 atom stereocenters. The molecule has 3 rings (SSSR count). The first kappa shape index (κ1) is 15.5. The third-order valence-electron chi connectivity index (χ3n) is 3.97. The van der Waals surface area contributed by atoms with Crippen LogP contribution < -0.4 is 4.72 Å². The van der Waals surface area contributed by atoms with Crippen LogP contribution in [0.5, 0.6) is 0 Å². The fraction of sp³-hybridized carbons (Fsp3) is 0.167. The zero-order valence-corrected chi connectivity index (χ0v) is 13.3. The Bertz CT molecular complexity index is 844. The predicted octanol–water partition coefficient (Wildman–Crippen LogP) is 2.98. The van der Waals surface area contributed by atoms with E-state index < -0.39 is 15.9 Å². The Morgan fingerprint density at radius 2 is 1.78 bits per heavy atom. The molecule has 2 aromatic rings. The van der Waals surface area contributed by atoms with Gasteiger partial charge in [0.2, 0.25) is 5.91 Å². The first-order chi connectivity index (χ1) is 11.0. The minimum Gasteiger partial charge on any atom is -0.274 e. The van der Waals surface area contributed by atoms with Crippen molar-refractivity contribution in [2.75, 3.05) is 0 Å². The third-order valence-corrected chi connectivity index (χ3v) is 5.31. The van der Waals surface area contributed by atoms with Gasteiger partial charge in [-0.2, -0.15) is 0 Å². The van der Waals surface area contributed by atoms with Crippen molar-refractivity contribution >= 4 is 15.9 Å². The molecule has 1 N–H and O–H groups in total. The van der Waals surface area contributed by atoms with Crippen LogP contribution in [0.1, 0.15) is 6.42 Å². The summed E-state index contributed by atoms with van der Waals surface area (Å²) in [5.74, 6) is -0.652. The number of hydrogen-bond acceptors (Lipinski definition) is 3. The molecular weight excluding hydrogens is 310 g/mol. The molecule has 1 aliphatic rings. The highest BCUT2D eigenvalue weighted by molar-refractivity contribution is 7.90. The first-order valence-electron chi connectivity index (χ1n) is 7.36. The van der Waals surface area contributed by atoms with E-state index in [4.69, 9.17) is 0 Å². The number of benzene rings is 2. The number of allylic oxidation sites excluding steroid dienone is 1. The lowest BCUT2D eigenvalue weighted by Gasteiger charge is -2.08. The summed E-state index contributed by atoms with van der Waals surface area (Å²) in [6.45, 7) is 3.63. The molecule has 1 amide bonds. The normalized spacial score (nSPS) is 19.8. The Kier molecular flexibility index (Phi) is 4.05. The molecule has 0 saturated heterocycles. The fourth-order valence-electron chi connectivity index (χ4n) is 2.52. The molecule has 23 heavy (non-hydrogen) atoms. The number of nitrogens with one attached hydrogen (secondary N) is 1. The molecule has 5 heteroatoms. The molecule has 0 heterocycles. The van der Waals surface area contributed by atoms with Gasteiger partial charge in [0.1, 0.15) is 0 Å². The monoisotopic (exact) mass is 327 g/mol. The Morgan fingerprint density at radius 3 is 2.43 bits per heavy atom. The zero-order chi connectivity index (χ0) is 16.4. The van der Waals surface area contributed by atoms with Gasteiger partial charge >= 0.3 is 0 Å². The SMILES string of the molecule is C=C[C@@H]1C[C@@H]1C(=O)NS(=O)(=O)c1cccc(-c2ccccc2)c1. The van der Waals surface area contributed by atoms with Crippen molar-refractivity contribution in [2.24, 2.45) is 11.8 Å². The van der Waals surface area contributed by atoms with Crippen LogP contribution in [0.4, 0.5) is 0 Å². The molecule has 0 unspecified atom stereocenters. The van der Waals surface area contributed by atoms with E-state index in [9.17, 15) is 13.2 Å². The minimum absolute atomic E-state index is 0.0841. The molecule has 0 spiro atoms. The second kappa shape index (κ2) is 6.01. The lowest BCUT2D eigenvalue weighted by Crippen LogP contribution is -2.32. The van der Waals surface area contributed by atoms with Crippen molar-refractivity contribution in [1.29, 1.82) is 0 Å². The van der Waals surface area contributed by atoms with Crippen molar-refractivity contribution in [3.63, 3.8) is 0 Å². The quantitative estimate of drug-likeness (QED) is 0.859. The van der Waals surface area contributed by atoms with Crippen LogP contribution in [-0.2, 0) is 14.8 Å². The van der Waals surface area contributed by atoms with Crippen LogP contribution >= 0.6 is 0 Å². The van der Waals surface area contributed by atoms with Gasteiger partial charge in [0.05, 0.1) is 4.90 Å². The standard InChI is InChI=1S/C18H17NO3S/c1-2-13-12-17(13)18(20)19-23(21,22)16-10-6-9-15(11-16)14-7-4-3-5-8-14/h2-11,13,17H,1,12H2,(H,19,20)/t13-,17+/m1/s1. The second-order valence-electron chi connectivity index (χ2n) is 5.61. The van der Waals surface area contributed by atoms with Gasteiger partial charge in [0.15, 0.2) is 0 Å². The number of amides is 1. The van der Waals surface area contributed by atoms with Crippen LogP contribution in [0.25, 0.3) is 11.1 Å². The highest BCUT2D eigenvalue weighted by Gasteiger charge is 2.42. The Labute approximate surface area is 135 Å². The molecule has 118 valence electrons. The van der Waals surface area contributed by atoms with E-state index in [1.807, 2.05) is 36.4 Å². The molecule has 2 aromatic carbocycles. The predicted molar refractivity (Wildman–Crippen MR) is 89.0 cm³/mol. The summed E-state index contributed by atoms with van der Waals surface area (Å²) in [5, 5.41) is 0. The van der Waals surface area contributed by atoms with Crippen LogP contribution in [0, 0.1) is 11.8 Å². The van der Waals surface area contributed by atoms with Crippen LogP contribution in [-0.4, -0.2) is 14.3 Å². The zero-order valence-electron chi connectivity index (χ0n) is 12.5. The molecule has 0 radical (unpaired) electrons. The second-order valence-corrected chi connectivity index (χ2v) is 7.29. The average molecular weight is 327 g/mol. The van der Waals surface area contributed by atoms with Crippen molar-refractivity contribution in [3.8, 4) is 11.1 Å². The van der Waals surface area contributed by atoms with Crippen LogP contribution in [0.3, 0.4) is 0 Å². The number of carbonyl (C=O) groups excluding carboxylic acids is 1. The minimum atomic E-state index is -3.86. The summed E-state index contributed by atoms with van der Waals surface area (Å²) < 4.78 is 27.0. The molecule has 0 bridgehead atoms. The van der Waals surface area contributed by atoms with Crippen molar-refractivity contribution < 1.29 is 13.2 Å². The van der Waals surface area contributed by atoms with E-state index in [-0.39, 0.29) is 16.7 Å². The smallest absolute Gasteiger partial charge is 0.264 e. The number of sulfonamides is 1. The number of rotatable bonds is 5. The van der Waals surface area contributed by atoms with E-state index >= 15 is 0 Å². The number of hydrogen-bond donors (Lipinski definition) is 1. The van der Waals surface area contributed by atoms with E-state index in [0.29, 0.717) is 6.42 Å². The third kappa shape index (κ3) is 3.35. The lowest BCUT2D eigenvalue weighted by atomic mass is 10.1. The Balaban J connectivity index is 1.83. The van der Waals surface area contributed by atoms with Crippen molar-refractivity contribution in [3.05, 3.63) is 67.3 Å². The summed E-state index contributed by atoms with van der Waals surface area (Å²) in [5.41, 5.74) is 1.71. The summed E-state index contributed by atoms with van der Waals surface area (Å²) in [4.78, 5) is 12.1. The van der Waals surface area contributed by atoms with Gasteiger partial charge < -0.3 is 0 Å². The highest BCUT2D eigenvalue weighted by atomic mass is 32.2. The van der Waals surface area contributed by atoms with Gasteiger partial charge in [-0.15, -0.1) is 6.58 Å². The number of carbonyl (C=O) groups is 1. The maximum Gasteiger partial charge on any atom is 0.264 e. The first-order valence-corrected chi connectivity index (χ1v) is 8.84. The molecule has 1 aliphatic carbocycles. The van der Waals surface area contributed by atoms with Gasteiger partial charge in [-0.1, -0.05) is 48.5 Å². The summed E-state index contributed by atoms with van der Waals surface area (Å²) in [7, 11) is -3.86. The summed E-state index contributed by atoms with van der Waals surface area (Å²) in [6, 6.07) is 16.1. The summed E-state index contributed by atoms with van der Waals surface area (Å²) in [6.07, 6.45) is 2.35. The summed E-state index contributed by atoms with van der Waals surface area (Å²) >= 11 is 0. The van der Waals surface area contributed by atoms with Gasteiger partial charge in [0.25, 0.3) is 10.0 Å². The molecule has 4 nitrogen and oxygen atoms in total. The Morgan fingerprint density at radius 1 is 1.09 bits per heavy atom. The van der Waals surface area contributed by atoms with Gasteiger partial charge in [-0.25, -0.2) is 13.1 Å².